The van der Waals surface area contributed by atoms with Crippen molar-refractivity contribution in [3.8, 4) is 0 Å². The van der Waals surface area contributed by atoms with Crippen molar-refractivity contribution in [2.24, 2.45) is 5.41 Å². The van der Waals surface area contributed by atoms with Gasteiger partial charge in [0.05, 0.1) is 5.41 Å². The monoisotopic (exact) mass is 275 g/mol. The van der Waals surface area contributed by atoms with Crippen LogP contribution in [0.5, 0.6) is 0 Å². The smallest absolute Gasteiger partial charge is 0.310 e. The van der Waals surface area contributed by atoms with Crippen LogP contribution in [0.15, 0.2) is 24.3 Å². The van der Waals surface area contributed by atoms with E-state index >= 15 is 0 Å². The molecule has 1 aromatic carbocycles. The molecule has 0 aliphatic heterocycles. The molecule has 2 rings (SSSR count). The molecule has 0 heterocycles. The lowest BCUT2D eigenvalue weighted by Crippen LogP contribution is -2.42. The molecule has 0 atom stereocenters. The fourth-order valence-corrected chi connectivity index (χ4v) is 2.67. The number of carbonyl (C=O) groups excluding carboxylic acids is 1. The highest BCUT2D eigenvalue weighted by molar-refractivity contribution is 5.85. The van der Waals surface area contributed by atoms with E-state index in [-0.39, 0.29) is 12.3 Å². The summed E-state index contributed by atoms with van der Waals surface area (Å²) in [6.07, 6.45) is 3.03. The number of rotatable bonds is 6. The number of carbonyl (C=O) groups is 2. The molecule has 1 amide bonds. The maximum atomic E-state index is 11.9. The number of hydrogen-bond acceptors (Lipinski definition) is 2. The summed E-state index contributed by atoms with van der Waals surface area (Å²) >= 11 is 0. The first-order chi connectivity index (χ1) is 9.53. The molecule has 0 radical (unpaired) electrons. The Morgan fingerprint density at radius 2 is 2.00 bits per heavy atom. The van der Waals surface area contributed by atoms with Crippen molar-refractivity contribution in [1.82, 2.24) is 5.32 Å². The van der Waals surface area contributed by atoms with Gasteiger partial charge in [-0.2, -0.15) is 0 Å². The number of hydrogen-bond donors (Lipinski definition) is 2. The van der Waals surface area contributed by atoms with Crippen molar-refractivity contribution in [3.63, 3.8) is 0 Å². The van der Waals surface area contributed by atoms with Crippen molar-refractivity contribution >= 4 is 11.9 Å². The first kappa shape index (κ1) is 14.6. The van der Waals surface area contributed by atoms with Crippen molar-refractivity contribution in [1.29, 1.82) is 0 Å². The number of carboxylic acid groups (broad SMARTS) is 1. The molecule has 2 N–H and O–H groups in total. The van der Waals surface area contributed by atoms with Crippen molar-refractivity contribution in [2.75, 3.05) is 6.54 Å². The van der Waals surface area contributed by atoms with Crippen LogP contribution in [0.1, 0.15) is 36.8 Å². The lowest BCUT2D eigenvalue weighted by molar-refractivity contribution is -0.157. The van der Waals surface area contributed by atoms with Crippen LogP contribution in [-0.2, 0) is 16.0 Å². The van der Waals surface area contributed by atoms with E-state index in [1.165, 1.54) is 11.1 Å². The van der Waals surface area contributed by atoms with E-state index < -0.39 is 11.4 Å². The van der Waals surface area contributed by atoms with Gasteiger partial charge in [-0.1, -0.05) is 30.7 Å². The van der Waals surface area contributed by atoms with E-state index in [2.05, 4.69) is 5.32 Å². The van der Waals surface area contributed by atoms with Gasteiger partial charge >= 0.3 is 5.97 Å². The first-order valence-corrected chi connectivity index (χ1v) is 7.08. The predicted octanol–water partition coefficient (Wildman–Crippen LogP) is 2.30. The van der Waals surface area contributed by atoms with Gasteiger partial charge < -0.3 is 10.4 Å². The van der Waals surface area contributed by atoms with E-state index in [0.717, 1.165) is 12.8 Å². The van der Waals surface area contributed by atoms with Crippen LogP contribution in [0, 0.1) is 12.3 Å². The Morgan fingerprint density at radius 3 is 2.55 bits per heavy atom. The molecule has 0 unspecified atom stereocenters. The molecule has 0 spiro atoms. The Hall–Kier alpha value is -1.84. The standard InChI is InChI=1S/C16H21NO3/c1-12-5-2-3-6-13(12)7-10-17-14(18)11-16(15(19)20)8-4-9-16/h2-3,5-6H,4,7-11H2,1H3,(H,17,18)(H,19,20). The second-order valence-electron chi connectivity index (χ2n) is 5.64. The minimum absolute atomic E-state index is 0.107. The van der Waals surface area contributed by atoms with Gasteiger partial charge in [0, 0.05) is 13.0 Å². The van der Waals surface area contributed by atoms with Crippen LogP contribution in [0.4, 0.5) is 0 Å². The first-order valence-electron chi connectivity index (χ1n) is 7.08. The quantitative estimate of drug-likeness (QED) is 0.837. The molecule has 1 aliphatic rings. The van der Waals surface area contributed by atoms with E-state index in [0.29, 0.717) is 19.4 Å². The molecule has 1 fully saturated rings. The van der Waals surface area contributed by atoms with Crippen molar-refractivity contribution in [2.45, 2.75) is 39.0 Å². The Kier molecular flexibility index (Phi) is 4.42. The predicted molar refractivity (Wildman–Crippen MR) is 76.4 cm³/mol. The normalized spacial score (nSPS) is 16.2. The van der Waals surface area contributed by atoms with Gasteiger partial charge in [-0.15, -0.1) is 0 Å². The number of benzene rings is 1. The van der Waals surface area contributed by atoms with Crippen LogP contribution in [0.25, 0.3) is 0 Å². The molecule has 1 saturated carbocycles. The summed E-state index contributed by atoms with van der Waals surface area (Å²) in [4.78, 5) is 23.1. The average Bonchev–Trinajstić information content (AvgIpc) is 2.36. The molecule has 20 heavy (non-hydrogen) atoms. The molecular formula is C16H21NO3. The molecule has 0 aromatic heterocycles. The second-order valence-corrected chi connectivity index (χ2v) is 5.64. The van der Waals surface area contributed by atoms with Crippen molar-refractivity contribution in [3.05, 3.63) is 35.4 Å². The highest BCUT2D eigenvalue weighted by Crippen LogP contribution is 2.44. The summed E-state index contributed by atoms with van der Waals surface area (Å²) < 4.78 is 0. The van der Waals surface area contributed by atoms with Crippen LogP contribution in [0.2, 0.25) is 0 Å². The summed E-state index contributed by atoms with van der Waals surface area (Å²) in [5.74, 6) is -0.988. The topological polar surface area (TPSA) is 66.4 Å². The zero-order valence-corrected chi connectivity index (χ0v) is 11.8. The summed E-state index contributed by atoms with van der Waals surface area (Å²) in [6, 6.07) is 8.07. The zero-order chi connectivity index (χ0) is 14.6. The zero-order valence-electron chi connectivity index (χ0n) is 11.8. The summed E-state index contributed by atoms with van der Waals surface area (Å²) in [5.41, 5.74) is 1.62. The second kappa shape index (κ2) is 6.07. The Bertz CT molecular complexity index is 506. The molecule has 108 valence electrons. The number of nitrogens with one attached hydrogen (secondary N) is 1. The van der Waals surface area contributed by atoms with Gasteiger partial charge in [0.15, 0.2) is 0 Å². The molecule has 0 saturated heterocycles. The fraction of sp³-hybridized carbons (Fsp3) is 0.500. The molecule has 4 nitrogen and oxygen atoms in total. The molecule has 0 bridgehead atoms. The highest BCUT2D eigenvalue weighted by Gasteiger charge is 2.45. The maximum Gasteiger partial charge on any atom is 0.310 e. The van der Waals surface area contributed by atoms with Crippen molar-refractivity contribution < 1.29 is 14.7 Å². The number of aryl methyl sites for hydroxylation is 1. The highest BCUT2D eigenvalue weighted by atomic mass is 16.4. The van der Waals surface area contributed by atoms with Crippen LogP contribution < -0.4 is 5.32 Å². The van der Waals surface area contributed by atoms with E-state index in [9.17, 15) is 14.7 Å². The molecule has 1 aromatic rings. The third-order valence-corrected chi connectivity index (χ3v) is 4.24. The molecule has 1 aliphatic carbocycles. The van der Waals surface area contributed by atoms with Gasteiger partial charge in [0.25, 0.3) is 0 Å². The van der Waals surface area contributed by atoms with Gasteiger partial charge in [0.2, 0.25) is 5.91 Å². The maximum absolute atomic E-state index is 11.9. The van der Waals surface area contributed by atoms with Gasteiger partial charge in [-0.3, -0.25) is 9.59 Å². The van der Waals surface area contributed by atoms with Gasteiger partial charge in [0.1, 0.15) is 0 Å². The average molecular weight is 275 g/mol. The van der Waals surface area contributed by atoms with Crippen LogP contribution in [0.3, 0.4) is 0 Å². The fourth-order valence-electron chi connectivity index (χ4n) is 2.67. The SMILES string of the molecule is Cc1ccccc1CCNC(=O)CC1(C(=O)O)CCC1. The summed E-state index contributed by atoms with van der Waals surface area (Å²) in [5, 5.41) is 12.0. The Labute approximate surface area is 119 Å². The van der Waals surface area contributed by atoms with E-state index in [1.54, 1.807) is 0 Å². The van der Waals surface area contributed by atoms with Crippen LogP contribution in [-0.4, -0.2) is 23.5 Å². The van der Waals surface area contributed by atoms with Gasteiger partial charge in [-0.25, -0.2) is 0 Å². The molecule has 4 heteroatoms. The summed E-state index contributed by atoms with van der Waals surface area (Å²) in [7, 11) is 0. The number of aliphatic carboxylic acids is 1. The molecular weight excluding hydrogens is 254 g/mol. The van der Waals surface area contributed by atoms with Gasteiger partial charge in [-0.05, 0) is 37.3 Å². The largest absolute Gasteiger partial charge is 0.481 e. The minimum atomic E-state index is -0.835. The lowest BCUT2D eigenvalue weighted by atomic mass is 9.66. The Balaban J connectivity index is 1.78. The van der Waals surface area contributed by atoms with Crippen LogP contribution >= 0.6 is 0 Å². The third-order valence-electron chi connectivity index (χ3n) is 4.24. The number of carboxylic acids is 1. The summed E-state index contributed by atoms with van der Waals surface area (Å²) in [6.45, 7) is 2.60. The van der Waals surface area contributed by atoms with E-state index in [4.69, 9.17) is 0 Å². The minimum Gasteiger partial charge on any atom is -0.481 e. The third kappa shape index (κ3) is 3.18. The Morgan fingerprint density at radius 1 is 1.30 bits per heavy atom. The lowest BCUT2D eigenvalue weighted by Gasteiger charge is -2.36. The van der Waals surface area contributed by atoms with E-state index in [1.807, 2.05) is 31.2 Å². The number of amides is 1.